The van der Waals surface area contributed by atoms with E-state index in [1.54, 1.807) is 23.1 Å². The van der Waals surface area contributed by atoms with Crippen LogP contribution >= 0.6 is 0 Å². The second kappa shape index (κ2) is 7.89. The molecule has 4 rings (SSSR count). The summed E-state index contributed by atoms with van der Waals surface area (Å²) in [4.78, 5) is 27.5. The third-order valence-electron chi connectivity index (χ3n) is 5.88. The minimum Gasteiger partial charge on any atom is -0.496 e. The van der Waals surface area contributed by atoms with E-state index in [1.807, 2.05) is 25.1 Å². The monoisotopic (exact) mass is 410 g/mol. The second-order valence-corrected chi connectivity index (χ2v) is 7.80. The molecular weight excluding hydrogens is 384 g/mol. The van der Waals surface area contributed by atoms with Gasteiger partial charge in [0.15, 0.2) is 0 Å². The number of aryl methyl sites for hydroxylation is 1. The summed E-state index contributed by atoms with van der Waals surface area (Å²) in [6.45, 7) is 3.39. The number of piperidine rings is 1. The first-order valence-corrected chi connectivity index (χ1v) is 10.0. The van der Waals surface area contributed by atoms with Gasteiger partial charge in [0.2, 0.25) is 0 Å². The molecule has 1 fully saturated rings. The lowest BCUT2D eigenvalue weighted by molar-refractivity contribution is 0.00753. The van der Waals surface area contributed by atoms with Crippen LogP contribution in [0.25, 0.3) is 0 Å². The van der Waals surface area contributed by atoms with Gasteiger partial charge in [0.1, 0.15) is 28.4 Å². The first kappa shape index (κ1) is 20.1. The molecule has 7 nitrogen and oxygen atoms in total. The molecule has 1 spiro atoms. The predicted molar refractivity (Wildman–Crippen MR) is 112 cm³/mol. The molecule has 1 N–H and O–H groups in total. The van der Waals surface area contributed by atoms with Crippen molar-refractivity contribution in [1.29, 1.82) is 0 Å². The highest BCUT2D eigenvalue weighted by atomic mass is 16.5. The summed E-state index contributed by atoms with van der Waals surface area (Å²) in [7, 11) is 3.08. The van der Waals surface area contributed by atoms with E-state index in [2.05, 4.69) is 5.32 Å². The Kier molecular flexibility index (Phi) is 5.28. The van der Waals surface area contributed by atoms with Crippen LogP contribution in [-0.4, -0.2) is 56.2 Å². The molecule has 2 heterocycles. The van der Waals surface area contributed by atoms with Gasteiger partial charge >= 0.3 is 0 Å². The van der Waals surface area contributed by atoms with E-state index < -0.39 is 5.60 Å². The molecule has 0 radical (unpaired) electrons. The fourth-order valence-corrected chi connectivity index (χ4v) is 4.13. The zero-order valence-corrected chi connectivity index (χ0v) is 17.5. The number of rotatable bonds is 3. The molecule has 30 heavy (non-hydrogen) atoms. The summed E-state index contributed by atoms with van der Waals surface area (Å²) < 4.78 is 17.1. The first-order chi connectivity index (χ1) is 14.5. The molecule has 2 aliphatic rings. The van der Waals surface area contributed by atoms with Crippen molar-refractivity contribution in [3.63, 3.8) is 0 Å². The maximum absolute atomic E-state index is 13.2. The molecule has 2 amide bonds. The Bertz CT molecular complexity index is 957. The van der Waals surface area contributed by atoms with Crippen molar-refractivity contribution in [2.24, 2.45) is 0 Å². The average Bonchev–Trinajstić information content (AvgIpc) is 2.90. The molecule has 158 valence electrons. The normalized spacial score (nSPS) is 17.4. The Morgan fingerprint density at radius 1 is 1.10 bits per heavy atom. The zero-order chi connectivity index (χ0) is 21.3. The van der Waals surface area contributed by atoms with E-state index in [-0.39, 0.29) is 11.8 Å². The average molecular weight is 410 g/mol. The number of nitrogens with zero attached hydrogens (tertiary/aromatic N) is 1. The second-order valence-electron chi connectivity index (χ2n) is 7.80. The molecular formula is C23H26N2O5. The molecule has 2 aromatic carbocycles. The number of nitrogens with one attached hydrogen (secondary N) is 1. The SMILES string of the molecule is COc1cccc(OC)c1C(=O)N1CCC2(CC1)CNC(=O)c1cc(C)ccc1O2. The van der Waals surface area contributed by atoms with Crippen molar-refractivity contribution in [1.82, 2.24) is 10.2 Å². The van der Waals surface area contributed by atoms with Crippen molar-refractivity contribution in [3.05, 3.63) is 53.1 Å². The molecule has 7 heteroatoms. The van der Waals surface area contributed by atoms with E-state index in [1.165, 1.54) is 14.2 Å². The van der Waals surface area contributed by atoms with Crippen LogP contribution in [0, 0.1) is 6.92 Å². The molecule has 0 unspecified atom stereocenters. The van der Waals surface area contributed by atoms with Gasteiger partial charge in [-0.1, -0.05) is 17.7 Å². The van der Waals surface area contributed by atoms with Gasteiger partial charge in [-0.3, -0.25) is 9.59 Å². The lowest BCUT2D eigenvalue weighted by Crippen LogP contribution is -2.54. The number of ether oxygens (including phenoxy) is 3. The fraction of sp³-hybridized carbons (Fsp3) is 0.391. The summed E-state index contributed by atoms with van der Waals surface area (Å²) in [6, 6.07) is 10.9. The van der Waals surface area contributed by atoms with Crippen molar-refractivity contribution >= 4 is 11.8 Å². The van der Waals surface area contributed by atoms with Crippen LogP contribution in [0.5, 0.6) is 17.2 Å². The van der Waals surface area contributed by atoms with Crippen molar-refractivity contribution in [3.8, 4) is 17.2 Å². The van der Waals surface area contributed by atoms with Crippen LogP contribution in [0.4, 0.5) is 0 Å². The van der Waals surface area contributed by atoms with Gasteiger partial charge in [0.25, 0.3) is 11.8 Å². The summed E-state index contributed by atoms with van der Waals surface area (Å²) in [5.41, 5.74) is 1.46. The van der Waals surface area contributed by atoms with Crippen LogP contribution in [0.3, 0.4) is 0 Å². The number of methoxy groups -OCH3 is 2. The minimum absolute atomic E-state index is 0.122. The number of benzene rings is 2. The number of likely N-dealkylation sites (tertiary alicyclic amines) is 1. The third-order valence-corrected chi connectivity index (χ3v) is 5.88. The molecule has 0 aliphatic carbocycles. The van der Waals surface area contributed by atoms with Gasteiger partial charge in [0.05, 0.1) is 26.3 Å². The van der Waals surface area contributed by atoms with Gasteiger partial charge < -0.3 is 24.4 Å². The third kappa shape index (κ3) is 3.56. The summed E-state index contributed by atoms with van der Waals surface area (Å²) in [5.74, 6) is 1.32. The summed E-state index contributed by atoms with van der Waals surface area (Å²) in [6.07, 6.45) is 1.23. The Balaban J connectivity index is 1.54. The fourth-order valence-electron chi connectivity index (χ4n) is 4.13. The van der Waals surface area contributed by atoms with Gasteiger partial charge in [-0.15, -0.1) is 0 Å². The highest BCUT2D eigenvalue weighted by Crippen LogP contribution is 2.35. The van der Waals surface area contributed by atoms with E-state index in [0.29, 0.717) is 60.9 Å². The molecule has 0 aromatic heterocycles. The largest absolute Gasteiger partial charge is 0.496 e. The lowest BCUT2D eigenvalue weighted by atomic mass is 9.90. The topological polar surface area (TPSA) is 77.1 Å². The van der Waals surface area contributed by atoms with Gasteiger partial charge in [-0.2, -0.15) is 0 Å². The van der Waals surface area contributed by atoms with Gasteiger partial charge in [-0.05, 0) is 31.2 Å². The Morgan fingerprint density at radius 3 is 2.40 bits per heavy atom. The van der Waals surface area contributed by atoms with Crippen LogP contribution in [-0.2, 0) is 0 Å². The highest BCUT2D eigenvalue weighted by Gasteiger charge is 2.41. The molecule has 0 bridgehead atoms. The number of carbonyl (C=O) groups is 2. The minimum atomic E-state index is -0.530. The number of carbonyl (C=O) groups excluding carboxylic acids is 2. The summed E-state index contributed by atoms with van der Waals surface area (Å²) >= 11 is 0. The Morgan fingerprint density at radius 2 is 1.77 bits per heavy atom. The van der Waals surface area contributed by atoms with Crippen LogP contribution in [0.1, 0.15) is 39.1 Å². The molecule has 0 atom stereocenters. The van der Waals surface area contributed by atoms with Crippen molar-refractivity contribution < 1.29 is 23.8 Å². The number of amides is 2. The zero-order valence-electron chi connectivity index (χ0n) is 17.5. The number of hydrogen-bond acceptors (Lipinski definition) is 5. The molecule has 2 aliphatic heterocycles. The van der Waals surface area contributed by atoms with Crippen LogP contribution in [0.2, 0.25) is 0 Å². The molecule has 0 saturated carbocycles. The smallest absolute Gasteiger partial charge is 0.261 e. The first-order valence-electron chi connectivity index (χ1n) is 10.0. The Hall–Kier alpha value is -3.22. The van der Waals surface area contributed by atoms with E-state index in [0.717, 1.165) is 5.56 Å². The van der Waals surface area contributed by atoms with Crippen molar-refractivity contribution in [2.75, 3.05) is 33.9 Å². The summed E-state index contributed by atoms with van der Waals surface area (Å²) in [5, 5.41) is 2.99. The maximum atomic E-state index is 13.2. The van der Waals surface area contributed by atoms with Gasteiger partial charge in [-0.25, -0.2) is 0 Å². The van der Waals surface area contributed by atoms with Crippen LogP contribution < -0.4 is 19.5 Å². The van der Waals surface area contributed by atoms with E-state index >= 15 is 0 Å². The maximum Gasteiger partial charge on any atom is 0.261 e. The van der Waals surface area contributed by atoms with E-state index in [9.17, 15) is 9.59 Å². The lowest BCUT2D eigenvalue weighted by Gasteiger charge is -2.41. The van der Waals surface area contributed by atoms with E-state index in [4.69, 9.17) is 14.2 Å². The highest BCUT2D eigenvalue weighted by molar-refractivity contribution is 6.00. The predicted octanol–water partition coefficient (Wildman–Crippen LogP) is 2.81. The van der Waals surface area contributed by atoms with Gasteiger partial charge in [0, 0.05) is 25.9 Å². The standard InChI is InChI=1S/C23H26N2O5/c1-15-7-8-17-16(13-15)21(26)24-14-23(30-17)9-11-25(12-10-23)22(27)20-18(28-2)5-4-6-19(20)29-3/h4-8,13H,9-12,14H2,1-3H3,(H,24,26). The van der Waals surface area contributed by atoms with Crippen molar-refractivity contribution in [2.45, 2.75) is 25.4 Å². The molecule has 2 aromatic rings. The number of hydrogen-bond donors (Lipinski definition) is 1. The quantitative estimate of drug-likeness (QED) is 0.842. The Labute approximate surface area is 175 Å². The number of fused-ring (bicyclic) bond motifs is 1. The van der Waals surface area contributed by atoms with Crippen LogP contribution in [0.15, 0.2) is 36.4 Å². The molecule has 1 saturated heterocycles.